The third-order valence-corrected chi connectivity index (χ3v) is 5.49. The molecule has 1 aromatic rings. The minimum atomic E-state index is -0.0208. The van der Waals surface area contributed by atoms with E-state index >= 15 is 0 Å². The summed E-state index contributed by atoms with van der Waals surface area (Å²) in [5.41, 5.74) is 1.01. The number of carbonyl (C=O) groups excluding carboxylic acids is 1. The van der Waals surface area contributed by atoms with Gasteiger partial charge in [0.1, 0.15) is 0 Å². The number of amides is 1. The Morgan fingerprint density at radius 2 is 2.30 bits per heavy atom. The van der Waals surface area contributed by atoms with Crippen LogP contribution in [0.4, 0.5) is 0 Å². The van der Waals surface area contributed by atoms with Crippen LogP contribution in [-0.2, 0) is 20.7 Å². The summed E-state index contributed by atoms with van der Waals surface area (Å²) in [6, 6.07) is 7.73. The van der Waals surface area contributed by atoms with Crippen molar-refractivity contribution in [1.82, 2.24) is 4.90 Å². The predicted molar refractivity (Wildman–Crippen MR) is 89.6 cm³/mol. The number of fused-ring (bicyclic) bond motifs is 1. The minimum absolute atomic E-state index is 0.0208. The highest BCUT2D eigenvalue weighted by Crippen LogP contribution is 2.41. The maximum Gasteiger partial charge on any atom is 0.222 e. The Labute approximate surface area is 142 Å². The third-order valence-electron chi connectivity index (χ3n) is 5.12. The molecule has 1 amide bonds. The molecule has 23 heavy (non-hydrogen) atoms. The molecule has 0 N–H and O–H groups in total. The largest absolute Gasteiger partial charge is 0.384 e. The Morgan fingerprint density at radius 1 is 1.48 bits per heavy atom. The highest BCUT2D eigenvalue weighted by Gasteiger charge is 2.48. The Bertz CT molecular complexity index is 565. The van der Waals surface area contributed by atoms with Gasteiger partial charge in [-0.1, -0.05) is 29.8 Å². The first-order valence-corrected chi connectivity index (χ1v) is 8.64. The Balaban J connectivity index is 1.60. The molecule has 126 valence electrons. The summed E-state index contributed by atoms with van der Waals surface area (Å²) < 4.78 is 11.3. The Kier molecular flexibility index (Phi) is 5.24. The molecule has 0 radical (unpaired) electrons. The number of ether oxygens (including phenoxy) is 2. The molecule has 1 aromatic carbocycles. The molecule has 0 bridgehead atoms. The highest BCUT2D eigenvalue weighted by molar-refractivity contribution is 6.31. The zero-order valence-corrected chi connectivity index (χ0v) is 14.3. The average Bonchev–Trinajstić information content (AvgIpc) is 2.96. The van der Waals surface area contributed by atoms with Gasteiger partial charge in [-0.15, -0.1) is 0 Å². The van der Waals surface area contributed by atoms with Crippen molar-refractivity contribution in [2.24, 2.45) is 5.41 Å². The second kappa shape index (κ2) is 7.20. The second-order valence-corrected chi connectivity index (χ2v) is 7.01. The van der Waals surface area contributed by atoms with Crippen molar-refractivity contribution in [3.63, 3.8) is 0 Å². The maximum atomic E-state index is 12.6. The molecular formula is C18H24ClNO3. The fourth-order valence-corrected chi connectivity index (χ4v) is 4.09. The molecule has 0 aromatic heterocycles. The standard InChI is InChI=1S/C18H24ClNO3/c1-22-13-18-9-11-23-16(18)8-10-20(12-18)17(21)7-6-14-4-2-3-5-15(14)19/h2-5,16H,6-13H2,1H3/t16-,18+/m0/s1. The molecular weight excluding hydrogens is 314 g/mol. The van der Waals surface area contributed by atoms with E-state index in [1.807, 2.05) is 29.2 Å². The van der Waals surface area contributed by atoms with Crippen LogP contribution in [0.2, 0.25) is 5.02 Å². The van der Waals surface area contributed by atoms with Crippen LogP contribution in [0, 0.1) is 5.41 Å². The first kappa shape index (κ1) is 16.7. The molecule has 2 aliphatic heterocycles. The fraction of sp³-hybridized carbons (Fsp3) is 0.611. The van der Waals surface area contributed by atoms with Gasteiger partial charge in [-0.3, -0.25) is 4.79 Å². The number of nitrogens with zero attached hydrogens (tertiary/aromatic N) is 1. The van der Waals surface area contributed by atoms with E-state index in [2.05, 4.69) is 0 Å². The maximum absolute atomic E-state index is 12.6. The lowest BCUT2D eigenvalue weighted by atomic mass is 9.77. The van der Waals surface area contributed by atoms with Crippen LogP contribution >= 0.6 is 11.6 Å². The first-order valence-electron chi connectivity index (χ1n) is 8.26. The van der Waals surface area contributed by atoms with Gasteiger partial charge in [0.05, 0.1) is 12.7 Å². The van der Waals surface area contributed by atoms with E-state index in [9.17, 15) is 4.79 Å². The van der Waals surface area contributed by atoms with E-state index in [1.165, 1.54) is 0 Å². The quantitative estimate of drug-likeness (QED) is 0.829. The van der Waals surface area contributed by atoms with Crippen LogP contribution in [0.5, 0.6) is 0 Å². The van der Waals surface area contributed by atoms with Gasteiger partial charge in [0, 0.05) is 43.7 Å². The number of carbonyl (C=O) groups is 1. The lowest BCUT2D eigenvalue weighted by Gasteiger charge is -2.43. The zero-order valence-electron chi connectivity index (χ0n) is 13.6. The second-order valence-electron chi connectivity index (χ2n) is 6.60. The third kappa shape index (κ3) is 3.54. The molecule has 0 aliphatic carbocycles. The lowest BCUT2D eigenvalue weighted by Crippen LogP contribution is -2.53. The average molecular weight is 338 g/mol. The van der Waals surface area contributed by atoms with Crippen LogP contribution in [0.15, 0.2) is 24.3 Å². The van der Waals surface area contributed by atoms with Crippen LogP contribution < -0.4 is 0 Å². The summed E-state index contributed by atoms with van der Waals surface area (Å²) in [5.74, 6) is 0.200. The number of methoxy groups -OCH3 is 1. The predicted octanol–water partition coefficient (Wildman–Crippen LogP) is 2.93. The molecule has 0 unspecified atom stereocenters. The normalized spacial score (nSPS) is 27.0. The van der Waals surface area contributed by atoms with Crippen LogP contribution in [0.3, 0.4) is 0 Å². The van der Waals surface area contributed by atoms with E-state index in [4.69, 9.17) is 21.1 Å². The van der Waals surface area contributed by atoms with Gasteiger partial charge in [0.2, 0.25) is 5.91 Å². The van der Waals surface area contributed by atoms with Crippen molar-refractivity contribution >= 4 is 17.5 Å². The zero-order chi connectivity index (χ0) is 16.3. The summed E-state index contributed by atoms with van der Waals surface area (Å²) in [7, 11) is 1.72. The van der Waals surface area contributed by atoms with Crippen LogP contribution in [0.25, 0.3) is 0 Å². The number of likely N-dealkylation sites (tertiary alicyclic amines) is 1. The first-order chi connectivity index (χ1) is 11.1. The SMILES string of the molecule is COC[C@]12CCO[C@H]1CCN(C(=O)CCc1ccccc1Cl)C2. The van der Waals surface area contributed by atoms with Crippen molar-refractivity contribution in [2.45, 2.75) is 31.8 Å². The summed E-state index contributed by atoms with van der Waals surface area (Å²) in [6.07, 6.45) is 3.29. The molecule has 4 nitrogen and oxygen atoms in total. The molecule has 0 spiro atoms. The van der Waals surface area contributed by atoms with E-state index in [0.29, 0.717) is 19.4 Å². The van der Waals surface area contributed by atoms with Crippen LogP contribution in [-0.4, -0.2) is 50.3 Å². The molecule has 5 heteroatoms. The van der Waals surface area contributed by atoms with E-state index < -0.39 is 0 Å². The summed E-state index contributed by atoms with van der Waals surface area (Å²) >= 11 is 6.17. The number of hydrogen-bond acceptors (Lipinski definition) is 3. The number of aryl methyl sites for hydroxylation is 1. The van der Waals surface area contributed by atoms with Crippen molar-refractivity contribution in [2.75, 3.05) is 33.4 Å². The van der Waals surface area contributed by atoms with Gasteiger partial charge in [0.15, 0.2) is 0 Å². The fourth-order valence-electron chi connectivity index (χ4n) is 3.86. The summed E-state index contributed by atoms with van der Waals surface area (Å²) in [5, 5.41) is 0.735. The number of piperidine rings is 1. The van der Waals surface area contributed by atoms with Crippen molar-refractivity contribution < 1.29 is 14.3 Å². The smallest absolute Gasteiger partial charge is 0.222 e. The molecule has 2 saturated heterocycles. The summed E-state index contributed by atoms with van der Waals surface area (Å²) in [6.45, 7) is 2.95. The van der Waals surface area contributed by atoms with Crippen molar-refractivity contribution in [1.29, 1.82) is 0 Å². The van der Waals surface area contributed by atoms with Gasteiger partial charge in [-0.2, -0.15) is 0 Å². The van der Waals surface area contributed by atoms with Crippen molar-refractivity contribution in [3.8, 4) is 0 Å². The van der Waals surface area contributed by atoms with Gasteiger partial charge in [0.25, 0.3) is 0 Å². The highest BCUT2D eigenvalue weighted by atomic mass is 35.5. The molecule has 2 heterocycles. The number of halogens is 1. The summed E-state index contributed by atoms with van der Waals surface area (Å²) in [4.78, 5) is 14.6. The molecule has 0 saturated carbocycles. The van der Waals surface area contributed by atoms with Crippen LogP contribution in [0.1, 0.15) is 24.8 Å². The minimum Gasteiger partial charge on any atom is -0.384 e. The van der Waals surface area contributed by atoms with E-state index in [1.54, 1.807) is 7.11 Å². The van der Waals surface area contributed by atoms with E-state index in [0.717, 1.165) is 43.1 Å². The molecule has 2 atom stereocenters. The Hall–Kier alpha value is -1.10. The lowest BCUT2D eigenvalue weighted by molar-refractivity contribution is -0.139. The van der Waals surface area contributed by atoms with Gasteiger partial charge < -0.3 is 14.4 Å². The Morgan fingerprint density at radius 3 is 3.09 bits per heavy atom. The monoisotopic (exact) mass is 337 g/mol. The topological polar surface area (TPSA) is 38.8 Å². The molecule has 3 rings (SSSR count). The van der Waals surface area contributed by atoms with Gasteiger partial charge in [-0.25, -0.2) is 0 Å². The number of benzene rings is 1. The molecule has 2 fully saturated rings. The molecule has 2 aliphatic rings. The number of hydrogen-bond donors (Lipinski definition) is 0. The van der Waals surface area contributed by atoms with E-state index in [-0.39, 0.29) is 17.4 Å². The van der Waals surface area contributed by atoms with Gasteiger partial charge in [-0.05, 0) is 30.9 Å². The van der Waals surface area contributed by atoms with Gasteiger partial charge >= 0.3 is 0 Å². The number of rotatable bonds is 5. The van der Waals surface area contributed by atoms with Crippen molar-refractivity contribution in [3.05, 3.63) is 34.9 Å².